The van der Waals surface area contributed by atoms with Crippen molar-refractivity contribution >= 4 is 17.1 Å². The van der Waals surface area contributed by atoms with E-state index in [-0.39, 0.29) is 0 Å². The summed E-state index contributed by atoms with van der Waals surface area (Å²) in [5.41, 5.74) is 2.60. The topological polar surface area (TPSA) is 50.7 Å². The second kappa shape index (κ2) is 4.19. The van der Waals surface area contributed by atoms with Crippen LogP contribution in [-0.2, 0) is 15.6 Å². The lowest BCUT2D eigenvalue weighted by atomic mass is 9.87. The van der Waals surface area contributed by atoms with Gasteiger partial charge in [-0.1, -0.05) is 32.1 Å². The first-order valence-electron chi connectivity index (χ1n) is 4.77. The predicted molar refractivity (Wildman–Crippen MR) is 51.0 cm³/mol. The smallest absolute Gasteiger partial charge is 0.235 e. The van der Waals surface area contributed by atoms with E-state index < -0.39 is 11.3 Å². The highest BCUT2D eigenvalue weighted by atomic mass is 32.2. The molecule has 74 valence electrons. The maximum Gasteiger partial charge on any atom is 0.309 e. The maximum absolute atomic E-state index is 10.7. The molecule has 4 nitrogen and oxygen atoms in total. The van der Waals surface area contributed by atoms with Crippen LogP contribution in [0.15, 0.2) is 4.40 Å². The molecular formula is C8H14N2O2S. The molecule has 1 N–H and O–H groups in total. The molecule has 1 fully saturated rings. The van der Waals surface area contributed by atoms with Crippen LogP contribution in [0.5, 0.6) is 0 Å². The van der Waals surface area contributed by atoms with Crippen LogP contribution in [-0.4, -0.2) is 10.0 Å². The van der Waals surface area contributed by atoms with E-state index in [9.17, 15) is 4.21 Å². The lowest BCUT2D eigenvalue weighted by molar-refractivity contribution is 0.294. The van der Waals surface area contributed by atoms with Gasteiger partial charge in [-0.2, -0.15) is 4.28 Å². The molecule has 0 aromatic rings. The number of hydrogen-bond donors (Lipinski definition) is 1. The molecule has 0 radical (unpaired) electrons. The molecule has 13 heavy (non-hydrogen) atoms. The van der Waals surface area contributed by atoms with Gasteiger partial charge in [-0.15, -0.1) is 4.40 Å². The van der Waals surface area contributed by atoms with Crippen molar-refractivity contribution in [2.45, 2.75) is 38.5 Å². The lowest BCUT2D eigenvalue weighted by Gasteiger charge is -2.20. The van der Waals surface area contributed by atoms with E-state index in [1.165, 1.54) is 32.1 Å². The molecule has 0 aromatic heterocycles. The monoisotopic (exact) mass is 202 g/mol. The molecule has 2 rings (SSSR count). The minimum absolute atomic E-state index is 0.707. The SMILES string of the molecule is O=S1N=C(CC2CCCCC2)NO1. The first-order chi connectivity index (χ1) is 6.34. The van der Waals surface area contributed by atoms with Crippen LogP contribution >= 0.6 is 0 Å². The van der Waals surface area contributed by atoms with Gasteiger partial charge in [0.1, 0.15) is 5.84 Å². The Morgan fingerprint density at radius 3 is 2.85 bits per heavy atom. The van der Waals surface area contributed by atoms with Crippen LogP contribution in [0, 0.1) is 5.92 Å². The lowest BCUT2D eigenvalue weighted by Crippen LogP contribution is -2.21. The molecule has 1 aliphatic heterocycles. The first-order valence-corrected chi connectivity index (χ1v) is 5.80. The summed E-state index contributed by atoms with van der Waals surface area (Å²) in [6, 6.07) is 0. The predicted octanol–water partition coefficient (Wildman–Crippen LogP) is 1.47. The van der Waals surface area contributed by atoms with Gasteiger partial charge in [0.15, 0.2) is 0 Å². The van der Waals surface area contributed by atoms with Crippen LogP contribution in [0.25, 0.3) is 0 Å². The van der Waals surface area contributed by atoms with E-state index in [2.05, 4.69) is 14.2 Å². The Morgan fingerprint density at radius 2 is 2.23 bits per heavy atom. The molecule has 1 unspecified atom stereocenters. The summed E-state index contributed by atoms with van der Waals surface area (Å²) in [6.07, 6.45) is 7.44. The average Bonchev–Trinajstić information content (AvgIpc) is 2.53. The molecule has 0 amide bonds. The van der Waals surface area contributed by atoms with E-state index in [0.717, 1.165) is 12.3 Å². The zero-order valence-electron chi connectivity index (χ0n) is 7.49. The summed E-state index contributed by atoms with van der Waals surface area (Å²) in [6.45, 7) is 0. The van der Waals surface area contributed by atoms with Gasteiger partial charge in [0.25, 0.3) is 0 Å². The summed E-state index contributed by atoms with van der Waals surface area (Å²) in [5, 5.41) is 0. The second-order valence-corrected chi connectivity index (χ2v) is 4.43. The summed E-state index contributed by atoms with van der Waals surface area (Å²) in [5.74, 6) is 1.46. The number of amidine groups is 1. The molecule has 5 heteroatoms. The number of nitrogens with zero attached hydrogens (tertiary/aromatic N) is 1. The third kappa shape index (κ3) is 2.51. The Hall–Kier alpha value is -0.420. The highest BCUT2D eigenvalue weighted by Gasteiger charge is 2.20. The van der Waals surface area contributed by atoms with Gasteiger partial charge < -0.3 is 0 Å². The molecule has 0 aromatic carbocycles. The third-order valence-electron chi connectivity index (χ3n) is 2.62. The summed E-state index contributed by atoms with van der Waals surface area (Å²) in [7, 11) is 0. The molecule has 1 atom stereocenters. The second-order valence-electron chi connectivity index (χ2n) is 3.65. The fourth-order valence-corrected chi connectivity index (χ4v) is 2.45. The minimum Gasteiger partial charge on any atom is -0.235 e. The van der Waals surface area contributed by atoms with Gasteiger partial charge in [-0.25, -0.2) is 9.69 Å². The zero-order chi connectivity index (χ0) is 9.10. The summed E-state index contributed by atoms with van der Waals surface area (Å²) < 4.78 is 19.2. The fourth-order valence-electron chi connectivity index (χ4n) is 1.95. The number of hydroxylamine groups is 1. The van der Waals surface area contributed by atoms with Crippen LogP contribution in [0.4, 0.5) is 0 Å². The van der Waals surface area contributed by atoms with Gasteiger partial charge in [0.05, 0.1) is 0 Å². The number of hydrogen-bond acceptors (Lipinski definition) is 3. The highest BCUT2D eigenvalue weighted by molar-refractivity contribution is 7.79. The largest absolute Gasteiger partial charge is 0.309 e. The molecule has 1 saturated carbocycles. The van der Waals surface area contributed by atoms with E-state index in [0.29, 0.717) is 5.92 Å². The van der Waals surface area contributed by atoms with E-state index in [1.54, 1.807) is 0 Å². The van der Waals surface area contributed by atoms with Crippen molar-refractivity contribution in [3.8, 4) is 0 Å². The molecule has 0 bridgehead atoms. The first kappa shape index (κ1) is 9.15. The third-order valence-corrected chi connectivity index (χ3v) is 3.22. The van der Waals surface area contributed by atoms with Gasteiger partial charge in [0.2, 0.25) is 0 Å². The number of rotatable bonds is 2. The van der Waals surface area contributed by atoms with Crippen molar-refractivity contribution in [2.24, 2.45) is 10.3 Å². The van der Waals surface area contributed by atoms with Gasteiger partial charge in [-0.05, 0) is 5.92 Å². The summed E-state index contributed by atoms with van der Waals surface area (Å²) in [4.78, 5) is 0. The van der Waals surface area contributed by atoms with E-state index in [1.807, 2.05) is 0 Å². The average molecular weight is 202 g/mol. The van der Waals surface area contributed by atoms with Crippen molar-refractivity contribution in [1.29, 1.82) is 0 Å². The fraction of sp³-hybridized carbons (Fsp3) is 0.875. The standard InChI is InChI=1S/C8H14N2O2S/c11-13-10-8(9-12-13)6-7-4-2-1-3-5-7/h7H,1-6H2,(H,9,10). The Labute approximate surface area is 80.5 Å². The Morgan fingerprint density at radius 1 is 1.46 bits per heavy atom. The van der Waals surface area contributed by atoms with Crippen molar-refractivity contribution < 1.29 is 8.49 Å². The van der Waals surface area contributed by atoms with Crippen LogP contribution in [0.2, 0.25) is 0 Å². The quantitative estimate of drug-likeness (QED) is 0.737. The Bertz CT molecular complexity index is 236. The molecule has 2 aliphatic rings. The maximum atomic E-state index is 10.7. The minimum atomic E-state index is -1.48. The highest BCUT2D eigenvalue weighted by Crippen LogP contribution is 2.26. The Balaban J connectivity index is 1.83. The van der Waals surface area contributed by atoms with Crippen molar-refractivity contribution in [2.75, 3.05) is 0 Å². The molecule has 0 saturated heterocycles. The molecule has 1 heterocycles. The van der Waals surface area contributed by atoms with Crippen LogP contribution in [0.1, 0.15) is 38.5 Å². The van der Waals surface area contributed by atoms with E-state index in [4.69, 9.17) is 0 Å². The van der Waals surface area contributed by atoms with Gasteiger partial charge >= 0.3 is 11.3 Å². The van der Waals surface area contributed by atoms with Crippen LogP contribution in [0.3, 0.4) is 0 Å². The molecular weight excluding hydrogens is 188 g/mol. The van der Waals surface area contributed by atoms with Crippen molar-refractivity contribution in [3.63, 3.8) is 0 Å². The molecule has 0 spiro atoms. The zero-order valence-corrected chi connectivity index (χ0v) is 8.31. The van der Waals surface area contributed by atoms with Crippen molar-refractivity contribution in [3.05, 3.63) is 0 Å². The van der Waals surface area contributed by atoms with Gasteiger partial charge in [0, 0.05) is 6.42 Å². The normalized spacial score (nSPS) is 29.8. The Kier molecular flexibility index (Phi) is 2.95. The van der Waals surface area contributed by atoms with Crippen molar-refractivity contribution in [1.82, 2.24) is 5.48 Å². The van der Waals surface area contributed by atoms with E-state index >= 15 is 0 Å². The van der Waals surface area contributed by atoms with Gasteiger partial charge in [-0.3, -0.25) is 0 Å². The van der Waals surface area contributed by atoms with Crippen LogP contribution < -0.4 is 5.48 Å². The summed E-state index contributed by atoms with van der Waals surface area (Å²) >= 11 is -1.48. The molecule has 1 aliphatic carbocycles. The number of nitrogens with one attached hydrogen (secondary N) is 1.